The van der Waals surface area contributed by atoms with Gasteiger partial charge in [0.2, 0.25) is 0 Å². The van der Waals surface area contributed by atoms with E-state index in [9.17, 15) is 0 Å². The molecule has 18 heavy (non-hydrogen) atoms. The Balaban J connectivity index is 2.42. The van der Waals surface area contributed by atoms with E-state index in [4.69, 9.17) is 10.5 Å². The van der Waals surface area contributed by atoms with Crippen LogP contribution < -0.4 is 5.73 Å². The van der Waals surface area contributed by atoms with Crippen molar-refractivity contribution in [3.8, 4) is 0 Å². The summed E-state index contributed by atoms with van der Waals surface area (Å²) in [5, 5.41) is 0. The second-order valence-corrected chi connectivity index (χ2v) is 6.88. The van der Waals surface area contributed by atoms with Crippen molar-refractivity contribution in [1.82, 2.24) is 4.90 Å². The minimum atomic E-state index is -0.232. The fraction of sp³-hybridized carbons (Fsp3) is 0.929. The Labute approximate surface area is 111 Å². The number of aliphatic imine (C=N–C) groups is 1. The van der Waals surface area contributed by atoms with Gasteiger partial charge in [-0.05, 0) is 41.0 Å². The third kappa shape index (κ3) is 1.73. The number of nitrogens with zero attached hydrogens (tertiary/aromatic N) is 2. The number of rotatable bonds is 2. The molecule has 4 nitrogen and oxygen atoms in total. The molecule has 0 amide bonds. The Kier molecular flexibility index (Phi) is 2.93. The molecule has 0 aromatic heterocycles. The topological polar surface area (TPSA) is 50.8 Å². The summed E-state index contributed by atoms with van der Waals surface area (Å²) in [7, 11) is 0. The molecule has 0 saturated carbocycles. The number of nitrogens with two attached hydrogens (primary N) is 1. The second-order valence-electron chi connectivity index (χ2n) is 6.88. The first-order chi connectivity index (χ1) is 8.15. The van der Waals surface area contributed by atoms with E-state index in [0.717, 1.165) is 19.4 Å². The maximum atomic E-state index is 6.28. The Morgan fingerprint density at radius 1 is 1.39 bits per heavy atom. The van der Waals surface area contributed by atoms with Crippen LogP contribution in [-0.4, -0.2) is 40.2 Å². The van der Waals surface area contributed by atoms with Crippen LogP contribution in [0.25, 0.3) is 0 Å². The summed E-state index contributed by atoms with van der Waals surface area (Å²) in [6.07, 6.45) is 2.04. The summed E-state index contributed by atoms with van der Waals surface area (Å²) in [5.41, 5.74) is 5.71. The van der Waals surface area contributed by atoms with Gasteiger partial charge in [-0.2, -0.15) is 0 Å². The van der Waals surface area contributed by atoms with Crippen LogP contribution in [0.3, 0.4) is 0 Å². The zero-order valence-corrected chi connectivity index (χ0v) is 12.6. The number of hydrogen-bond acceptors (Lipinski definition) is 4. The normalized spacial score (nSPS) is 35.0. The highest BCUT2D eigenvalue weighted by atomic mass is 16.5. The van der Waals surface area contributed by atoms with Crippen LogP contribution >= 0.6 is 0 Å². The van der Waals surface area contributed by atoms with Gasteiger partial charge in [0.25, 0.3) is 0 Å². The van der Waals surface area contributed by atoms with E-state index in [1.54, 1.807) is 0 Å². The quantitative estimate of drug-likeness (QED) is 0.820. The third-order valence-corrected chi connectivity index (χ3v) is 4.61. The van der Waals surface area contributed by atoms with Gasteiger partial charge in [-0.15, -0.1) is 0 Å². The van der Waals surface area contributed by atoms with Gasteiger partial charge < -0.3 is 15.4 Å². The first-order valence-electron chi connectivity index (χ1n) is 6.95. The van der Waals surface area contributed by atoms with Gasteiger partial charge in [0.1, 0.15) is 0 Å². The smallest absolute Gasteiger partial charge is 0.192 e. The fourth-order valence-electron chi connectivity index (χ4n) is 3.77. The van der Waals surface area contributed by atoms with E-state index >= 15 is 0 Å². The third-order valence-electron chi connectivity index (χ3n) is 4.61. The van der Waals surface area contributed by atoms with E-state index in [-0.39, 0.29) is 16.7 Å². The van der Waals surface area contributed by atoms with Crippen LogP contribution in [0, 0.1) is 0 Å². The maximum absolute atomic E-state index is 6.28. The van der Waals surface area contributed by atoms with Crippen LogP contribution in [-0.2, 0) is 4.74 Å². The van der Waals surface area contributed by atoms with Gasteiger partial charge >= 0.3 is 0 Å². The highest BCUT2D eigenvalue weighted by molar-refractivity contribution is 5.81. The van der Waals surface area contributed by atoms with Gasteiger partial charge in [-0.3, -0.25) is 4.99 Å². The van der Waals surface area contributed by atoms with Crippen LogP contribution in [0.2, 0.25) is 0 Å². The van der Waals surface area contributed by atoms with Gasteiger partial charge in [-0.1, -0.05) is 6.92 Å². The van der Waals surface area contributed by atoms with Gasteiger partial charge in [-0.25, -0.2) is 0 Å². The first-order valence-corrected chi connectivity index (χ1v) is 6.95. The maximum Gasteiger partial charge on any atom is 0.192 e. The highest BCUT2D eigenvalue weighted by Gasteiger charge is 2.63. The molecule has 0 bridgehead atoms. The molecule has 2 atom stereocenters. The van der Waals surface area contributed by atoms with Crippen LogP contribution in [0.15, 0.2) is 4.99 Å². The monoisotopic (exact) mass is 253 g/mol. The number of guanidine groups is 1. The summed E-state index contributed by atoms with van der Waals surface area (Å²) in [5.74, 6) is 0.679. The van der Waals surface area contributed by atoms with E-state index in [2.05, 4.69) is 51.4 Å². The largest absolute Gasteiger partial charge is 0.370 e. The van der Waals surface area contributed by atoms with Crippen LogP contribution in [0.4, 0.5) is 0 Å². The van der Waals surface area contributed by atoms with Crippen molar-refractivity contribution >= 4 is 5.96 Å². The predicted molar refractivity (Wildman–Crippen MR) is 74.7 cm³/mol. The summed E-state index contributed by atoms with van der Waals surface area (Å²) >= 11 is 0. The Morgan fingerprint density at radius 3 is 2.44 bits per heavy atom. The Hall–Kier alpha value is -0.770. The molecule has 2 aliphatic heterocycles. The lowest BCUT2D eigenvalue weighted by Gasteiger charge is -2.46. The second kappa shape index (κ2) is 3.86. The summed E-state index contributed by atoms with van der Waals surface area (Å²) in [6, 6.07) is 0.396. The van der Waals surface area contributed by atoms with Gasteiger partial charge in [0, 0.05) is 12.5 Å². The predicted octanol–water partition coefficient (Wildman–Crippen LogP) is 2.13. The lowest BCUT2D eigenvalue weighted by Crippen LogP contribution is -2.63. The van der Waals surface area contributed by atoms with Crippen molar-refractivity contribution in [1.29, 1.82) is 0 Å². The molecular formula is C14H27N3O. The molecule has 2 unspecified atom stereocenters. The molecule has 0 aromatic rings. The molecule has 2 rings (SSSR count). The summed E-state index contributed by atoms with van der Waals surface area (Å²) < 4.78 is 6.28. The molecule has 2 heterocycles. The Bertz CT molecular complexity index is 375. The zero-order valence-electron chi connectivity index (χ0n) is 12.6. The van der Waals surface area contributed by atoms with E-state index in [0.29, 0.717) is 12.0 Å². The number of ether oxygens (including phenoxy) is 1. The number of hydrogen-bond donors (Lipinski definition) is 1. The molecule has 1 fully saturated rings. The fourth-order valence-corrected chi connectivity index (χ4v) is 3.77. The van der Waals surface area contributed by atoms with E-state index < -0.39 is 0 Å². The molecule has 2 aliphatic rings. The average molecular weight is 253 g/mol. The summed E-state index contributed by atoms with van der Waals surface area (Å²) in [6.45, 7) is 13.8. The first kappa shape index (κ1) is 13.7. The SMILES string of the molecule is CCC(C)N1C(N)=NCC12CC(C)(C)OC2(C)C. The summed E-state index contributed by atoms with van der Waals surface area (Å²) in [4.78, 5) is 6.83. The average Bonchev–Trinajstić information content (AvgIpc) is 2.62. The van der Waals surface area contributed by atoms with E-state index in [1.807, 2.05) is 0 Å². The van der Waals surface area contributed by atoms with Crippen molar-refractivity contribution in [3.05, 3.63) is 0 Å². The molecule has 1 saturated heterocycles. The van der Waals surface area contributed by atoms with Gasteiger partial charge in [0.15, 0.2) is 5.96 Å². The van der Waals surface area contributed by atoms with E-state index in [1.165, 1.54) is 0 Å². The molecule has 104 valence electrons. The van der Waals surface area contributed by atoms with Crippen molar-refractivity contribution in [2.75, 3.05) is 6.54 Å². The zero-order chi connectivity index (χ0) is 13.8. The van der Waals surface area contributed by atoms with Gasteiger partial charge in [0.05, 0.1) is 23.3 Å². The molecule has 0 radical (unpaired) electrons. The van der Waals surface area contributed by atoms with Crippen molar-refractivity contribution in [2.45, 2.75) is 77.2 Å². The minimum absolute atomic E-state index is 0.0873. The standard InChI is InChI=1S/C14H27N3O/c1-7-10(2)17-11(15)16-9-14(17)8-12(3,4)18-13(14,5)6/h10H,7-9H2,1-6H3,(H2,15,16). The molecule has 0 aliphatic carbocycles. The molecule has 4 heteroatoms. The van der Waals surface area contributed by atoms with Crippen molar-refractivity contribution in [2.24, 2.45) is 10.7 Å². The lowest BCUT2D eigenvalue weighted by atomic mass is 9.77. The molecular weight excluding hydrogens is 226 g/mol. The highest BCUT2D eigenvalue weighted by Crippen LogP contribution is 2.51. The molecule has 2 N–H and O–H groups in total. The molecule has 1 spiro atoms. The molecule has 0 aromatic carbocycles. The van der Waals surface area contributed by atoms with Crippen LogP contribution in [0.5, 0.6) is 0 Å². The minimum Gasteiger partial charge on any atom is -0.370 e. The van der Waals surface area contributed by atoms with Crippen molar-refractivity contribution in [3.63, 3.8) is 0 Å². The van der Waals surface area contributed by atoms with Crippen LogP contribution in [0.1, 0.15) is 54.4 Å². The lowest BCUT2D eigenvalue weighted by molar-refractivity contribution is -0.0949. The Morgan fingerprint density at radius 2 is 2.00 bits per heavy atom. The van der Waals surface area contributed by atoms with Crippen molar-refractivity contribution < 1.29 is 4.74 Å².